The van der Waals surface area contributed by atoms with Crippen LogP contribution >= 0.6 is 0 Å². The summed E-state index contributed by atoms with van der Waals surface area (Å²) in [6.45, 7) is 10.1. The summed E-state index contributed by atoms with van der Waals surface area (Å²) in [4.78, 5) is 140. The average molecular weight is 958 g/mol. The van der Waals surface area contributed by atoms with Gasteiger partial charge in [0.25, 0.3) is 0 Å². The molecule has 0 bridgehead atoms. The lowest BCUT2D eigenvalue weighted by Gasteiger charge is -2.29. The second-order valence-electron chi connectivity index (χ2n) is 16.5. The van der Waals surface area contributed by atoms with Gasteiger partial charge in [-0.2, -0.15) is 0 Å². The van der Waals surface area contributed by atoms with Crippen LogP contribution in [0.3, 0.4) is 0 Å². The summed E-state index contributed by atoms with van der Waals surface area (Å²) in [5.41, 5.74) is 16.1. The predicted octanol–water partition coefficient (Wildman–Crippen LogP) is -5.19. The quantitative estimate of drug-likeness (QED) is 0.0170. The van der Waals surface area contributed by atoms with Gasteiger partial charge in [-0.3, -0.25) is 53.4 Å². The summed E-state index contributed by atoms with van der Waals surface area (Å²) in [5.74, 6) is -11.9. The number of guanidine groups is 1. The monoisotopic (exact) mass is 958 g/mol. The minimum Gasteiger partial charge on any atom is -0.481 e. The average Bonchev–Trinajstić information content (AvgIpc) is 3.23. The first kappa shape index (κ1) is 60.4. The second-order valence-corrected chi connectivity index (χ2v) is 16.5. The van der Waals surface area contributed by atoms with E-state index in [2.05, 4.69) is 47.9 Å². The summed E-state index contributed by atoms with van der Waals surface area (Å²) >= 11 is 0. The normalized spacial score (nSPS) is 15.4. The highest BCUT2D eigenvalue weighted by Crippen LogP contribution is 2.12. The van der Waals surface area contributed by atoms with Crippen molar-refractivity contribution in [3.05, 3.63) is 0 Å². The number of carbonyl (C=O) groups excluding carboxylic acids is 9. The van der Waals surface area contributed by atoms with E-state index in [4.69, 9.17) is 22.6 Å². The zero-order valence-electron chi connectivity index (χ0n) is 39.0. The molecule has 67 heavy (non-hydrogen) atoms. The molecule has 0 aromatic heterocycles. The molecule has 0 saturated heterocycles. The van der Waals surface area contributed by atoms with Crippen LogP contribution in [-0.2, 0) is 52.7 Å². The Morgan fingerprint density at radius 1 is 0.552 bits per heavy atom. The molecular weight excluding hydrogens is 887 g/mol. The van der Waals surface area contributed by atoms with E-state index < -0.39 is 158 Å². The van der Waals surface area contributed by atoms with E-state index in [9.17, 15) is 68.1 Å². The molecule has 0 unspecified atom stereocenters. The lowest BCUT2D eigenvalue weighted by atomic mass is 9.96. The SMILES string of the molecule is CC[C@H](C)[C@H](NC(=O)[C@H](CC(C)C)NC(=O)[C@H](C)N)C(=O)N[C@@H](CO)C(=O)N[C@@H](C)C(=O)N[C@@H](C)C(=O)N[C@@H](CCC(N)=O)C(=O)N[C@@H](CCC(=O)O)C(=O)N[C@@H](CCCNC(=N)N)C(=O)O. The van der Waals surface area contributed by atoms with Crippen molar-refractivity contribution in [3.8, 4) is 0 Å². The Hall–Kier alpha value is -6.64. The molecule has 0 aliphatic heterocycles. The zero-order valence-corrected chi connectivity index (χ0v) is 39.0. The molecule has 0 rings (SSSR count). The van der Waals surface area contributed by atoms with Gasteiger partial charge in [0.05, 0.1) is 12.6 Å². The zero-order chi connectivity index (χ0) is 51.7. The van der Waals surface area contributed by atoms with E-state index in [0.29, 0.717) is 6.42 Å². The molecule has 10 atom stereocenters. The van der Waals surface area contributed by atoms with Crippen molar-refractivity contribution in [2.75, 3.05) is 13.2 Å². The van der Waals surface area contributed by atoms with Gasteiger partial charge < -0.3 is 80.4 Å². The van der Waals surface area contributed by atoms with Gasteiger partial charge in [-0.15, -0.1) is 0 Å². The minimum absolute atomic E-state index is 0.0444. The summed E-state index contributed by atoms with van der Waals surface area (Å²) in [7, 11) is 0. The maximum Gasteiger partial charge on any atom is 0.326 e. The first-order valence-electron chi connectivity index (χ1n) is 21.7. The Morgan fingerprint density at radius 3 is 1.46 bits per heavy atom. The summed E-state index contributed by atoms with van der Waals surface area (Å²) < 4.78 is 0. The Balaban J connectivity index is 5.94. The molecule has 0 fully saturated rings. The third-order valence-electron chi connectivity index (χ3n) is 10.1. The third-order valence-corrected chi connectivity index (χ3v) is 10.1. The Labute approximate surface area is 388 Å². The lowest BCUT2D eigenvalue weighted by Crippen LogP contribution is -2.61. The van der Waals surface area contributed by atoms with Gasteiger partial charge in [0, 0.05) is 19.4 Å². The van der Waals surface area contributed by atoms with Gasteiger partial charge in [-0.05, 0) is 64.7 Å². The topological polar surface area (TPSA) is 459 Å². The minimum atomic E-state index is -1.65. The van der Waals surface area contributed by atoms with Crippen LogP contribution in [-0.4, -0.2) is 154 Å². The number of hydrogen-bond donors (Lipinski definition) is 16. The first-order chi connectivity index (χ1) is 31.1. The molecule has 0 aliphatic rings. The van der Waals surface area contributed by atoms with E-state index in [-0.39, 0.29) is 37.7 Å². The Morgan fingerprint density at radius 2 is 1.00 bits per heavy atom. The smallest absolute Gasteiger partial charge is 0.326 e. The Kier molecular flexibility index (Phi) is 27.5. The van der Waals surface area contributed by atoms with Crippen LogP contribution in [0.1, 0.15) is 99.8 Å². The highest BCUT2D eigenvalue weighted by Gasteiger charge is 2.35. The van der Waals surface area contributed by atoms with Crippen molar-refractivity contribution >= 4 is 71.1 Å². The molecule has 0 saturated carbocycles. The fourth-order valence-electron chi connectivity index (χ4n) is 5.92. The van der Waals surface area contributed by atoms with Gasteiger partial charge in [0.2, 0.25) is 53.2 Å². The highest BCUT2D eigenvalue weighted by atomic mass is 16.4. The first-order valence-corrected chi connectivity index (χ1v) is 21.7. The van der Waals surface area contributed by atoms with Crippen molar-refractivity contribution in [1.82, 2.24) is 47.9 Å². The van der Waals surface area contributed by atoms with E-state index in [1.165, 1.54) is 20.8 Å². The number of hydrogen-bond acceptors (Lipinski definition) is 14. The number of aliphatic hydroxyl groups is 1. The van der Waals surface area contributed by atoms with Crippen LogP contribution in [0.25, 0.3) is 0 Å². The van der Waals surface area contributed by atoms with Crippen LogP contribution in [0.4, 0.5) is 0 Å². The molecule has 27 heteroatoms. The van der Waals surface area contributed by atoms with E-state index in [0.717, 1.165) is 0 Å². The number of aliphatic hydroxyl groups excluding tert-OH is 1. The maximum atomic E-state index is 13.5. The van der Waals surface area contributed by atoms with Gasteiger partial charge in [-0.1, -0.05) is 34.1 Å². The molecule has 0 heterocycles. The van der Waals surface area contributed by atoms with Crippen molar-refractivity contribution in [1.29, 1.82) is 5.41 Å². The molecule has 0 aromatic carbocycles. The number of primary amides is 1. The number of carbonyl (C=O) groups is 11. The molecule has 380 valence electrons. The molecule has 0 aliphatic carbocycles. The molecule has 0 aromatic rings. The van der Waals surface area contributed by atoms with Crippen molar-refractivity contribution in [2.45, 2.75) is 154 Å². The van der Waals surface area contributed by atoms with Gasteiger partial charge in [0.15, 0.2) is 5.96 Å². The van der Waals surface area contributed by atoms with Crippen LogP contribution < -0.4 is 65.1 Å². The number of rotatable bonds is 32. The summed E-state index contributed by atoms with van der Waals surface area (Å²) in [6, 6.07) is -12.4. The highest BCUT2D eigenvalue weighted by molar-refractivity contribution is 5.98. The van der Waals surface area contributed by atoms with Crippen LogP contribution in [0, 0.1) is 17.2 Å². The fraction of sp³-hybridized carbons (Fsp3) is 0.700. The molecule has 9 amide bonds. The van der Waals surface area contributed by atoms with Crippen LogP contribution in [0.15, 0.2) is 0 Å². The van der Waals surface area contributed by atoms with Crippen molar-refractivity contribution in [2.24, 2.45) is 29.0 Å². The molecule has 19 N–H and O–H groups in total. The van der Waals surface area contributed by atoms with Gasteiger partial charge in [-0.25, -0.2) is 4.79 Å². The number of nitrogens with two attached hydrogens (primary N) is 3. The van der Waals surface area contributed by atoms with Crippen LogP contribution in [0.5, 0.6) is 0 Å². The molecular formula is C40H71N13O14. The largest absolute Gasteiger partial charge is 0.481 e. The number of carboxylic acid groups (broad SMARTS) is 2. The predicted molar refractivity (Wildman–Crippen MR) is 239 cm³/mol. The maximum absolute atomic E-state index is 13.5. The third kappa shape index (κ3) is 23.9. The standard InChI is InChI=1S/C40H71N13O14/c1-8-19(4)30(53-36(63)26(16-18(2)3)51-31(58)20(5)41)38(65)52-27(17-54)37(64)47-21(6)32(59)46-22(7)33(60)48-23(11-13-28(42)55)34(61)49-24(12-14-29(56)57)35(62)50-25(39(66)67)10-9-15-45-40(43)44/h18-27,30,54H,8-17,41H2,1-7H3,(H2,42,55)(H,46,59)(H,47,64)(H,48,60)(H,49,61)(H,50,62)(H,51,58)(H,52,65)(H,53,63)(H,56,57)(H,66,67)(H4,43,44,45)/t19-,20-,21-,22-,23-,24-,25-,26-,27-,30-/m0/s1. The molecule has 27 nitrogen and oxygen atoms in total. The second kappa shape index (κ2) is 30.5. The molecule has 0 radical (unpaired) electrons. The van der Waals surface area contributed by atoms with Gasteiger partial charge >= 0.3 is 11.9 Å². The van der Waals surface area contributed by atoms with E-state index in [1.54, 1.807) is 13.8 Å². The van der Waals surface area contributed by atoms with E-state index in [1.807, 2.05) is 13.8 Å². The fourth-order valence-corrected chi connectivity index (χ4v) is 5.92. The summed E-state index contributed by atoms with van der Waals surface area (Å²) in [5, 5.41) is 57.6. The number of carboxylic acids is 2. The number of nitrogens with one attached hydrogen (secondary N) is 10. The number of amides is 9. The number of aliphatic carboxylic acids is 2. The lowest BCUT2D eigenvalue weighted by molar-refractivity contribution is -0.143. The van der Waals surface area contributed by atoms with Crippen molar-refractivity contribution in [3.63, 3.8) is 0 Å². The Bertz CT molecular complexity index is 1760. The molecule has 0 spiro atoms. The van der Waals surface area contributed by atoms with Gasteiger partial charge in [0.1, 0.15) is 48.3 Å². The van der Waals surface area contributed by atoms with E-state index >= 15 is 0 Å². The van der Waals surface area contributed by atoms with Crippen molar-refractivity contribution < 1.29 is 68.1 Å². The summed E-state index contributed by atoms with van der Waals surface area (Å²) in [6.07, 6.45) is -1.51. The van der Waals surface area contributed by atoms with Crippen LogP contribution in [0.2, 0.25) is 0 Å².